The van der Waals surface area contributed by atoms with E-state index >= 15 is 0 Å². The molecule has 4 atom stereocenters. The smallest absolute Gasteiger partial charge is 0.255 e. The number of nitrogens with two attached hydrogens (primary N) is 1. The molecule has 2 heterocycles. The van der Waals surface area contributed by atoms with E-state index in [-0.39, 0.29) is 42.2 Å². The lowest BCUT2D eigenvalue weighted by Gasteiger charge is -2.37. The third kappa shape index (κ3) is 3.74. The molecule has 2 amide bonds. The molecule has 1 aromatic rings. The Kier molecular flexibility index (Phi) is 5.87. The summed E-state index contributed by atoms with van der Waals surface area (Å²) in [4.78, 5) is 27.4. The Morgan fingerprint density at radius 3 is 2.37 bits per heavy atom. The number of furan rings is 1. The van der Waals surface area contributed by atoms with Crippen molar-refractivity contribution < 1.29 is 14.0 Å². The molecule has 0 aromatic carbocycles. The molecule has 1 aromatic heterocycles. The largest absolute Gasteiger partial charge is 0.466 e. The maximum atomic E-state index is 12.9. The lowest BCUT2D eigenvalue weighted by Crippen LogP contribution is -2.51. The van der Waals surface area contributed by atoms with Gasteiger partial charge in [0.1, 0.15) is 11.5 Å². The normalized spacial score (nSPS) is 30.3. The summed E-state index contributed by atoms with van der Waals surface area (Å²) < 4.78 is 5.44. The number of hydrogen-bond donors (Lipinski definition) is 2. The molecule has 3 N–H and O–H groups in total. The molecule has 7 heteroatoms. The quantitative estimate of drug-likeness (QED) is 0.822. The van der Waals surface area contributed by atoms with Crippen molar-refractivity contribution in [2.45, 2.75) is 58.0 Å². The van der Waals surface area contributed by atoms with Gasteiger partial charge in [0.15, 0.2) is 0 Å². The minimum absolute atomic E-state index is 0. The molecule has 0 radical (unpaired) electrons. The van der Waals surface area contributed by atoms with Gasteiger partial charge in [-0.05, 0) is 63.9 Å². The Hall–Kier alpha value is -1.53. The molecule has 2 saturated carbocycles. The maximum absolute atomic E-state index is 12.9. The Morgan fingerprint density at radius 2 is 1.81 bits per heavy atom. The number of halogens is 1. The van der Waals surface area contributed by atoms with Crippen molar-refractivity contribution in [2.75, 3.05) is 13.1 Å². The highest BCUT2D eigenvalue weighted by Gasteiger charge is 2.50. The molecule has 0 spiro atoms. The second-order valence-corrected chi connectivity index (χ2v) is 8.34. The molecular weight excluding hydrogens is 366 g/mol. The predicted octanol–water partition coefficient (Wildman–Crippen LogP) is 2.41. The topological polar surface area (TPSA) is 88.6 Å². The first-order valence-corrected chi connectivity index (χ1v) is 9.86. The van der Waals surface area contributed by atoms with E-state index in [1.165, 1.54) is 6.42 Å². The summed E-state index contributed by atoms with van der Waals surface area (Å²) in [6.07, 6.45) is 5.07. The van der Waals surface area contributed by atoms with Crippen molar-refractivity contribution in [2.24, 2.45) is 23.5 Å². The number of fused-ring (bicyclic) bond motifs is 2. The van der Waals surface area contributed by atoms with Crippen LogP contribution in [-0.4, -0.2) is 41.9 Å². The SMILES string of the molecule is Cc1cc(C(=O)NC2CCN(C(=O)C3C4CCC(C4)C3N)CC2)c(C)o1.Cl. The van der Waals surface area contributed by atoms with E-state index in [2.05, 4.69) is 5.32 Å². The molecule has 3 aliphatic rings. The number of carbonyl (C=O) groups excluding carboxylic acids is 2. The predicted molar refractivity (Wildman–Crippen MR) is 105 cm³/mol. The van der Waals surface area contributed by atoms with Crippen LogP contribution in [-0.2, 0) is 4.79 Å². The van der Waals surface area contributed by atoms with Gasteiger partial charge in [0.05, 0.1) is 11.5 Å². The summed E-state index contributed by atoms with van der Waals surface area (Å²) in [6.45, 7) is 5.05. The monoisotopic (exact) mass is 395 g/mol. The van der Waals surface area contributed by atoms with Gasteiger partial charge in [0.25, 0.3) is 5.91 Å². The molecule has 1 aliphatic heterocycles. The molecule has 2 bridgehead atoms. The highest BCUT2D eigenvalue weighted by molar-refractivity contribution is 5.95. The third-order valence-electron chi connectivity index (χ3n) is 6.69. The molecule has 6 nitrogen and oxygen atoms in total. The van der Waals surface area contributed by atoms with Gasteiger partial charge in [-0.1, -0.05) is 0 Å². The van der Waals surface area contributed by atoms with Gasteiger partial charge in [0, 0.05) is 25.2 Å². The standard InChI is InChI=1S/C20H29N3O3.ClH/c1-11-9-16(12(2)26-11)19(24)22-15-5-7-23(8-6-15)20(25)17-13-3-4-14(10-13)18(17)21;/h9,13-15,17-18H,3-8,10,21H2,1-2H3,(H,22,24);1H. The zero-order valence-corrected chi connectivity index (χ0v) is 16.9. The van der Waals surface area contributed by atoms with Crippen LogP contribution in [0.15, 0.2) is 10.5 Å². The van der Waals surface area contributed by atoms with Gasteiger partial charge >= 0.3 is 0 Å². The second-order valence-electron chi connectivity index (χ2n) is 8.34. The van der Waals surface area contributed by atoms with Crippen LogP contribution in [0.1, 0.15) is 54.0 Å². The molecule has 4 unspecified atom stereocenters. The molecule has 3 fully saturated rings. The number of nitrogens with one attached hydrogen (secondary N) is 1. The van der Waals surface area contributed by atoms with Crippen LogP contribution in [0.4, 0.5) is 0 Å². The fourth-order valence-corrected chi connectivity index (χ4v) is 5.28. The number of likely N-dealkylation sites (tertiary alicyclic amines) is 1. The van der Waals surface area contributed by atoms with Crippen molar-refractivity contribution in [1.29, 1.82) is 0 Å². The number of rotatable bonds is 3. The molecule has 2 aliphatic carbocycles. The number of aryl methyl sites for hydroxylation is 2. The summed E-state index contributed by atoms with van der Waals surface area (Å²) >= 11 is 0. The van der Waals surface area contributed by atoms with Crippen LogP contribution in [0.2, 0.25) is 0 Å². The number of piperidine rings is 1. The Balaban J connectivity index is 0.00000210. The van der Waals surface area contributed by atoms with Crippen LogP contribution < -0.4 is 11.1 Å². The number of nitrogens with zero attached hydrogens (tertiary/aromatic N) is 1. The van der Waals surface area contributed by atoms with Crippen LogP contribution in [0, 0.1) is 31.6 Å². The summed E-state index contributed by atoms with van der Waals surface area (Å²) in [5.41, 5.74) is 6.94. The van der Waals surface area contributed by atoms with E-state index in [0.29, 0.717) is 36.2 Å². The van der Waals surface area contributed by atoms with Crippen molar-refractivity contribution in [3.63, 3.8) is 0 Å². The fraction of sp³-hybridized carbons (Fsp3) is 0.700. The van der Waals surface area contributed by atoms with Crippen molar-refractivity contribution in [3.05, 3.63) is 23.2 Å². The summed E-state index contributed by atoms with van der Waals surface area (Å²) in [5, 5.41) is 3.09. The Labute approximate surface area is 166 Å². The Bertz CT molecular complexity index is 709. The molecule has 150 valence electrons. The number of hydrogen-bond acceptors (Lipinski definition) is 4. The van der Waals surface area contributed by atoms with Gasteiger partial charge in [-0.25, -0.2) is 0 Å². The summed E-state index contributed by atoms with van der Waals surface area (Å²) in [5.74, 6) is 2.62. The van der Waals surface area contributed by atoms with Gasteiger partial charge in [-0.3, -0.25) is 9.59 Å². The van der Waals surface area contributed by atoms with Gasteiger partial charge < -0.3 is 20.4 Å². The first-order valence-electron chi connectivity index (χ1n) is 9.86. The van der Waals surface area contributed by atoms with E-state index in [1.807, 2.05) is 18.7 Å². The number of amides is 2. The number of carbonyl (C=O) groups is 2. The van der Waals surface area contributed by atoms with E-state index in [9.17, 15) is 9.59 Å². The third-order valence-corrected chi connectivity index (χ3v) is 6.69. The van der Waals surface area contributed by atoms with Crippen LogP contribution in [0.3, 0.4) is 0 Å². The first-order chi connectivity index (χ1) is 12.4. The van der Waals surface area contributed by atoms with Crippen LogP contribution in [0.25, 0.3) is 0 Å². The molecule has 27 heavy (non-hydrogen) atoms. The fourth-order valence-electron chi connectivity index (χ4n) is 5.28. The zero-order chi connectivity index (χ0) is 18.4. The average molecular weight is 396 g/mol. The van der Waals surface area contributed by atoms with E-state index in [4.69, 9.17) is 10.2 Å². The second kappa shape index (κ2) is 7.84. The van der Waals surface area contributed by atoms with E-state index < -0.39 is 0 Å². The van der Waals surface area contributed by atoms with Crippen LogP contribution >= 0.6 is 12.4 Å². The highest BCUT2D eigenvalue weighted by atomic mass is 35.5. The minimum atomic E-state index is -0.0840. The molecule has 1 saturated heterocycles. The molecule has 4 rings (SSSR count). The van der Waals surface area contributed by atoms with Crippen molar-refractivity contribution in [3.8, 4) is 0 Å². The summed E-state index contributed by atoms with van der Waals surface area (Å²) in [6, 6.07) is 1.93. The zero-order valence-electron chi connectivity index (χ0n) is 16.1. The lowest BCUT2D eigenvalue weighted by molar-refractivity contribution is -0.138. The minimum Gasteiger partial charge on any atom is -0.466 e. The summed E-state index contributed by atoms with van der Waals surface area (Å²) in [7, 11) is 0. The van der Waals surface area contributed by atoms with Gasteiger partial charge in [-0.2, -0.15) is 0 Å². The van der Waals surface area contributed by atoms with E-state index in [0.717, 1.165) is 31.4 Å². The average Bonchev–Trinajstić information content (AvgIpc) is 3.29. The highest BCUT2D eigenvalue weighted by Crippen LogP contribution is 2.48. The lowest BCUT2D eigenvalue weighted by atomic mass is 9.83. The van der Waals surface area contributed by atoms with Gasteiger partial charge in [0.2, 0.25) is 5.91 Å². The maximum Gasteiger partial charge on any atom is 0.255 e. The van der Waals surface area contributed by atoms with Crippen molar-refractivity contribution in [1.82, 2.24) is 10.2 Å². The first kappa shape index (κ1) is 20.2. The van der Waals surface area contributed by atoms with Gasteiger partial charge in [-0.15, -0.1) is 12.4 Å². The van der Waals surface area contributed by atoms with E-state index in [1.54, 1.807) is 6.07 Å². The Morgan fingerprint density at radius 1 is 1.15 bits per heavy atom. The van der Waals surface area contributed by atoms with Crippen molar-refractivity contribution >= 4 is 24.2 Å². The van der Waals surface area contributed by atoms with Crippen LogP contribution in [0.5, 0.6) is 0 Å². The molecular formula is C20H30ClN3O3.